The monoisotopic (exact) mass is 356 g/mol. The highest BCUT2D eigenvalue weighted by atomic mass is 79.9. The molecule has 108 valence electrons. The third kappa shape index (κ3) is 4.48. The van der Waals surface area contributed by atoms with E-state index in [2.05, 4.69) is 20.7 Å². The summed E-state index contributed by atoms with van der Waals surface area (Å²) >= 11 is 2.86. The van der Waals surface area contributed by atoms with E-state index in [1.54, 1.807) is 25.9 Å². The molecule has 4 nitrogen and oxygen atoms in total. The van der Waals surface area contributed by atoms with Crippen LogP contribution in [0, 0.1) is 11.6 Å². The summed E-state index contributed by atoms with van der Waals surface area (Å²) < 4.78 is 52.9. The Morgan fingerprint density at radius 1 is 1.37 bits per heavy atom. The van der Waals surface area contributed by atoms with Gasteiger partial charge >= 0.3 is 0 Å². The maximum Gasteiger partial charge on any atom is 0.244 e. The molecule has 19 heavy (non-hydrogen) atoms. The first-order valence-electron chi connectivity index (χ1n) is 5.45. The van der Waals surface area contributed by atoms with Crippen LogP contribution in [0.1, 0.15) is 6.92 Å². The molecule has 1 rings (SSSR count). The summed E-state index contributed by atoms with van der Waals surface area (Å²) in [7, 11) is -0.467. The zero-order chi connectivity index (χ0) is 14.8. The van der Waals surface area contributed by atoms with Gasteiger partial charge in [0.1, 0.15) is 16.5 Å². The molecule has 0 heterocycles. The molecule has 0 radical (unpaired) electrons. The van der Waals surface area contributed by atoms with E-state index in [-0.39, 0.29) is 4.47 Å². The van der Waals surface area contributed by atoms with E-state index in [9.17, 15) is 17.2 Å². The van der Waals surface area contributed by atoms with Gasteiger partial charge in [-0.3, -0.25) is 0 Å². The third-order valence-corrected chi connectivity index (χ3v) is 4.78. The average molecular weight is 357 g/mol. The molecule has 1 aromatic rings. The fraction of sp³-hybridized carbons (Fsp3) is 0.455. The number of nitrogens with one attached hydrogen (secondary N) is 1. The highest BCUT2D eigenvalue weighted by Crippen LogP contribution is 2.26. The molecular formula is C11H15BrF2N2O2S. The molecule has 1 unspecified atom stereocenters. The Morgan fingerprint density at radius 2 is 1.95 bits per heavy atom. The zero-order valence-corrected chi connectivity index (χ0v) is 13.1. The lowest BCUT2D eigenvalue weighted by atomic mass is 10.3. The quantitative estimate of drug-likeness (QED) is 0.877. The molecule has 1 aromatic carbocycles. The fourth-order valence-corrected chi connectivity index (χ4v) is 4.10. The van der Waals surface area contributed by atoms with Crippen molar-refractivity contribution in [2.45, 2.75) is 17.9 Å². The lowest BCUT2D eigenvalue weighted by molar-refractivity contribution is 0.370. The van der Waals surface area contributed by atoms with Crippen molar-refractivity contribution in [1.82, 2.24) is 9.62 Å². The maximum atomic E-state index is 13.6. The largest absolute Gasteiger partial charge is 0.308 e. The summed E-state index contributed by atoms with van der Waals surface area (Å²) in [6.45, 7) is 2.12. The first kappa shape index (κ1) is 16.5. The minimum Gasteiger partial charge on any atom is -0.308 e. The third-order valence-electron chi connectivity index (χ3n) is 2.23. The second-order valence-corrected chi connectivity index (χ2v) is 6.99. The van der Waals surface area contributed by atoms with Crippen molar-refractivity contribution in [2.75, 3.05) is 20.6 Å². The first-order valence-corrected chi connectivity index (χ1v) is 7.72. The molecule has 0 saturated carbocycles. The van der Waals surface area contributed by atoms with Gasteiger partial charge in [-0.25, -0.2) is 21.9 Å². The Morgan fingerprint density at radius 3 is 2.42 bits per heavy atom. The molecule has 0 bridgehead atoms. The molecule has 0 aliphatic rings. The number of hydrogen-bond acceptors (Lipinski definition) is 3. The number of hydrogen-bond donors (Lipinski definition) is 1. The summed E-state index contributed by atoms with van der Waals surface area (Å²) in [5.74, 6) is -1.97. The van der Waals surface area contributed by atoms with E-state index in [1.807, 2.05) is 0 Å². The molecule has 0 saturated heterocycles. The van der Waals surface area contributed by atoms with E-state index >= 15 is 0 Å². The van der Waals surface area contributed by atoms with Crippen molar-refractivity contribution < 1.29 is 17.2 Å². The Kier molecular flexibility index (Phi) is 5.43. The molecule has 8 heteroatoms. The predicted molar refractivity (Wildman–Crippen MR) is 72.4 cm³/mol. The van der Waals surface area contributed by atoms with Crippen molar-refractivity contribution in [2.24, 2.45) is 0 Å². The topological polar surface area (TPSA) is 49.4 Å². The lowest BCUT2D eigenvalue weighted by Gasteiger charge is -2.19. The summed E-state index contributed by atoms with van der Waals surface area (Å²) in [6, 6.07) is 1.04. The number of nitrogens with zero attached hydrogens (tertiary/aromatic N) is 1. The van der Waals surface area contributed by atoms with Crippen molar-refractivity contribution in [3.05, 3.63) is 28.2 Å². The van der Waals surface area contributed by atoms with Gasteiger partial charge in [0, 0.05) is 23.1 Å². The van der Waals surface area contributed by atoms with E-state index in [1.165, 1.54) is 0 Å². The molecular weight excluding hydrogens is 342 g/mol. The number of sulfonamides is 1. The van der Waals surface area contributed by atoms with Gasteiger partial charge in [0.25, 0.3) is 0 Å². The highest BCUT2D eigenvalue weighted by Gasteiger charge is 2.25. The van der Waals surface area contributed by atoms with Crippen LogP contribution in [-0.2, 0) is 10.0 Å². The number of halogens is 3. The van der Waals surface area contributed by atoms with Crippen LogP contribution in [0.5, 0.6) is 0 Å². The van der Waals surface area contributed by atoms with Crippen LogP contribution in [0.15, 0.2) is 21.5 Å². The fourth-order valence-electron chi connectivity index (χ4n) is 1.69. The van der Waals surface area contributed by atoms with E-state index in [4.69, 9.17) is 0 Å². The molecule has 0 aliphatic heterocycles. The standard InChI is InChI=1S/C11H15BrF2N2O2S/c1-7(6-16(2)3)15-19(17,18)11-9(12)4-8(13)5-10(11)14/h4-5,7,15H,6H2,1-3H3. The zero-order valence-electron chi connectivity index (χ0n) is 10.7. The van der Waals surface area contributed by atoms with Crippen LogP contribution in [0.4, 0.5) is 8.78 Å². The number of rotatable bonds is 5. The van der Waals surface area contributed by atoms with Crippen LogP contribution >= 0.6 is 15.9 Å². The predicted octanol–water partition coefficient (Wildman–Crippen LogP) is 1.96. The lowest BCUT2D eigenvalue weighted by Crippen LogP contribution is -2.39. The number of likely N-dealkylation sites (N-methyl/N-ethyl adjacent to an activating group) is 1. The van der Waals surface area contributed by atoms with Crippen LogP contribution in [0.2, 0.25) is 0 Å². The minimum absolute atomic E-state index is 0.144. The van der Waals surface area contributed by atoms with Gasteiger partial charge in [-0.05, 0) is 43.0 Å². The highest BCUT2D eigenvalue weighted by molar-refractivity contribution is 9.10. The van der Waals surface area contributed by atoms with Crippen LogP contribution in [-0.4, -0.2) is 40.0 Å². The Labute approximate surface area is 120 Å². The molecule has 1 atom stereocenters. The van der Waals surface area contributed by atoms with Crippen LogP contribution in [0.3, 0.4) is 0 Å². The molecule has 0 amide bonds. The molecule has 0 spiro atoms. The molecule has 0 aliphatic carbocycles. The van der Waals surface area contributed by atoms with Crippen molar-refractivity contribution in [3.8, 4) is 0 Å². The second kappa shape index (κ2) is 6.25. The second-order valence-electron chi connectivity index (χ2n) is 4.48. The first-order chi connectivity index (χ1) is 8.63. The van der Waals surface area contributed by atoms with Gasteiger partial charge < -0.3 is 4.90 Å². The SMILES string of the molecule is CC(CN(C)C)NS(=O)(=O)c1c(F)cc(F)cc1Br. The minimum atomic E-state index is -4.05. The summed E-state index contributed by atoms with van der Waals surface area (Å²) in [4.78, 5) is 1.21. The Balaban J connectivity index is 3.08. The van der Waals surface area contributed by atoms with Crippen LogP contribution < -0.4 is 4.72 Å². The van der Waals surface area contributed by atoms with Gasteiger partial charge in [-0.15, -0.1) is 0 Å². The normalized spacial score (nSPS) is 13.8. The maximum absolute atomic E-state index is 13.6. The van der Waals surface area contributed by atoms with Gasteiger partial charge in [0.05, 0.1) is 0 Å². The summed E-state index contributed by atoms with van der Waals surface area (Å²) in [6.07, 6.45) is 0. The van der Waals surface area contributed by atoms with Gasteiger partial charge in [-0.2, -0.15) is 0 Å². The smallest absolute Gasteiger partial charge is 0.244 e. The molecule has 1 N–H and O–H groups in total. The van der Waals surface area contributed by atoms with E-state index in [0.717, 1.165) is 6.07 Å². The summed E-state index contributed by atoms with van der Waals surface area (Å²) in [5, 5.41) is 0. The Hall–Kier alpha value is -0.570. The molecule has 0 fully saturated rings. The Bertz CT molecular complexity index is 541. The van der Waals surface area contributed by atoms with Crippen molar-refractivity contribution in [1.29, 1.82) is 0 Å². The van der Waals surface area contributed by atoms with Gasteiger partial charge in [0.15, 0.2) is 0 Å². The van der Waals surface area contributed by atoms with Gasteiger partial charge in [0.2, 0.25) is 10.0 Å². The molecule has 0 aromatic heterocycles. The summed E-state index contributed by atoms with van der Waals surface area (Å²) in [5.41, 5.74) is 0. The average Bonchev–Trinajstić information content (AvgIpc) is 2.10. The van der Waals surface area contributed by atoms with Gasteiger partial charge in [-0.1, -0.05) is 0 Å². The van der Waals surface area contributed by atoms with Crippen LogP contribution in [0.25, 0.3) is 0 Å². The van der Waals surface area contributed by atoms with Crippen molar-refractivity contribution in [3.63, 3.8) is 0 Å². The van der Waals surface area contributed by atoms with Crippen molar-refractivity contribution >= 4 is 26.0 Å². The van der Waals surface area contributed by atoms with E-state index < -0.39 is 32.6 Å². The number of benzene rings is 1. The van der Waals surface area contributed by atoms with E-state index in [0.29, 0.717) is 12.6 Å².